The standard InChI is InChI=1S/C14H8ClN3O4/c15-10-3-4-12(13(7-10)18(20)21)17-14(19)9(8-16)6-11-2-1-5-22-11/h1-7H,(H,17,19). The zero-order valence-electron chi connectivity index (χ0n) is 10.9. The molecular weight excluding hydrogens is 310 g/mol. The first-order chi connectivity index (χ1) is 10.5. The predicted octanol–water partition coefficient (Wildman–Crippen LogP) is 3.39. The summed E-state index contributed by atoms with van der Waals surface area (Å²) in [5, 5.41) is 22.4. The highest BCUT2D eigenvalue weighted by molar-refractivity contribution is 6.31. The van der Waals surface area contributed by atoms with Gasteiger partial charge in [0.25, 0.3) is 11.6 Å². The molecule has 0 fully saturated rings. The van der Waals surface area contributed by atoms with Crippen LogP contribution in [0.25, 0.3) is 6.08 Å². The van der Waals surface area contributed by atoms with Gasteiger partial charge in [0.05, 0.1) is 11.2 Å². The Labute approximate surface area is 129 Å². The molecule has 1 aromatic heterocycles. The van der Waals surface area contributed by atoms with Crippen molar-refractivity contribution in [3.8, 4) is 6.07 Å². The number of anilines is 1. The van der Waals surface area contributed by atoms with Crippen molar-refractivity contribution in [2.45, 2.75) is 0 Å². The van der Waals surface area contributed by atoms with Gasteiger partial charge >= 0.3 is 0 Å². The summed E-state index contributed by atoms with van der Waals surface area (Å²) in [6, 6.07) is 8.68. The van der Waals surface area contributed by atoms with E-state index in [2.05, 4.69) is 5.32 Å². The Morgan fingerprint density at radius 1 is 1.45 bits per heavy atom. The second kappa shape index (κ2) is 6.56. The van der Waals surface area contributed by atoms with Crippen molar-refractivity contribution in [3.05, 3.63) is 63.1 Å². The van der Waals surface area contributed by atoms with Gasteiger partial charge in [-0.25, -0.2) is 0 Å². The Bertz CT molecular complexity index is 791. The molecule has 8 heteroatoms. The number of nitro benzene ring substituents is 1. The summed E-state index contributed by atoms with van der Waals surface area (Å²) >= 11 is 5.69. The second-order valence-electron chi connectivity index (χ2n) is 4.06. The van der Waals surface area contributed by atoms with Crippen molar-refractivity contribution in [1.82, 2.24) is 0 Å². The van der Waals surface area contributed by atoms with Crippen LogP contribution in [0.3, 0.4) is 0 Å². The average Bonchev–Trinajstić information content (AvgIpc) is 2.99. The molecule has 0 aliphatic carbocycles. The van der Waals surface area contributed by atoms with Gasteiger partial charge in [0.2, 0.25) is 0 Å². The molecule has 0 aliphatic heterocycles. The van der Waals surface area contributed by atoms with E-state index in [-0.39, 0.29) is 22.0 Å². The van der Waals surface area contributed by atoms with Gasteiger partial charge in [0.1, 0.15) is 23.1 Å². The Morgan fingerprint density at radius 2 is 2.23 bits per heavy atom. The van der Waals surface area contributed by atoms with Crippen molar-refractivity contribution >= 4 is 35.0 Å². The number of halogens is 1. The smallest absolute Gasteiger partial charge is 0.294 e. The highest BCUT2D eigenvalue weighted by Crippen LogP contribution is 2.28. The number of hydrogen-bond donors (Lipinski definition) is 1. The van der Waals surface area contributed by atoms with E-state index in [0.29, 0.717) is 5.76 Å². The summed E-state index contributed by atoms with van der Waals surface area (Å²) in [5.74, 6) is -0.471. The van der Waals surface area contributed by atoms with E-state index in [1.54, 1.807) is 18.2 Å². The van der Waals surface area contributed by atoms with Crippen LogP contribution in [0.15, 0.2) is 46.6 Å². The molecule has 2 aromatic rings. The van der Waals surface area contributed by atoms with E-state index in [9.17, 15) is 14.9 Å². The third-order valence-electron chi connectivity index (χ3n) is 2.60. The molecule has 1 amide bonds. The minimum absolute atomic E-state index is 0.0556. The summed E-state index contributed by atoms with van der Waals surface area (Å²) in [7, 11) is 0. The van der Waals surface area contributed by atoms with Gasteiger partial charge in [-0.3, -0.25) is 14.9 Å². The number of nitrogens with one attached hydrogen (secondary N) is 1. The molecule has 0 aliphatic rings. The van der Waals surface area contributed by atoms with Crippen LogP contribution in [-0.4, -0.2) is 10.8 Å². The number of nitro groups is 1. The molecule has 110 valence electrons. The molecule has 1 heterocycles. The van der Waals surface area contributed by atoms with Gasteiger partial charge in [-0.05, 0) is 24.3 Å². The number of hydrogen-bond acceptors (Lipinski definition) is 5. The minimum atomic E-state index is -0.788. The molecule has 0 bridgehead atoms. The van der Waals surface area contributed by atoms with Crippen LogP contribution in [-0.2, 0) is 4.79 Å². The largest absolute Gasteiger partial charge is 0.465 e. The molecular formula is C14H8ClN3O4. The molecule has 1 N–H and O–H groups in total. The number of carbonyl (C=O) groups is 1. The number of benzene rings is 1. The average molecular weight is 318 g/mol. The highest BCUT2D eigenvalue weighted by Gasteiger charge is 2.18. The number of carbonyl (C=O) groups excluding carboxylic acids is 1. The highest BCUT2D eigenvalue weighted by atomic mass is 35.5. The summed E-state index contributed by atoms with van der Waals surface area (Å²) in [4.78, 5) is 22.3. The fourth-order valence-electron chi connectivity index (χ4n) is 1.62. The molecule has 0 radical (unpaired) electrons. The summed E-state index contributed by atoms with van der Waals surface area (Å²) in [6.07, 6.45) is 2.62. The zero-order valence-corrected chi connectivity index (χ0v) is 11.7. The fourth-order valence-corrected chi connectivity index (χ4v) is 1.78. The van der Waals surface area contributed by atoms with Crippen molar-refractivity contribution in [3.63, 3.8) is 0 Å². The maximum absolute atomic E-state index is 12.0. The summed E-state index contributed by atoms with van der Waals surface area (Å²) < 4.78 is 5.01. The van der Waals surface area contributed by atoms with Crippen molar-refractivity contribution in [2.75, 3.05) is 5.32 Å². The zero-order chi connectivity index (χ0) is 16.1. The van der Waals surface area contributed by atoms with E-state index < -0.39 is 10.8 Å². The maximum Gasteiger partial charge on any atom is 0.294 e. The molecule has 22 heavy (non-hydrogen) atoms. The Balaban J connectivity index is 2.29. The predicted molar refractivity (Wildman–Crippen MR) is 79.0 cm³/mol. The number of nitrogens with zero attached hydrogens (tertiary/aromatic N) is 2. The lowest BCUT2D eigenvalue weighted by Crippen LogP contribution is -2.14. The van der Waals surface area contributed by atoms with E-state index in [1.807, 2.05) is 0 Å². The van der Waals surface area contributed by atoms with E-state index in [1.165, 1.54) is 24.5 Å². The van der Waals surface area contributed by atoms with Gasteiger partial charge in [-0.2, -0.15) is 5.26 Å². The van der Waals surface area contributed by atoms with Gasteiger partial charge in [0.15, 0.2) is 0 Å². The summed E-state index contributed by atoms with van der Waals surface area (Å²) in [6.45, 7) is 0. The van der Waals surface area contributed by atoms with Crippen LogP contribution in [0.2, 0.25) is 5.02 Å². The summed E-state index contributed by atoms with van der Waals surface area (Å²) in [5.41, 5.74) is -0.671. The van der Waals surface area contributed by atoms with Crippen LogP contribution < -0.4 is 5.32 Å². The molecule has 1 aromatic carbocycles. The fraction of sp³-hybridized carbons (Fsp3) is 0. The third-order valence-corrected chi connectivity index (χ3v) is 2.83. The first kappa shape index (κ1) is 15.3. The van der Waals surface area contributed by atoms with Crippen molar-refractivity contribution in [1.29, 1.82) is 5.26 Å². The minimum Gasteiger partial charge on any atom is -0.465 e. The molecule has 0 saturated heterocycles. The molecule has 0 saturated carbocycles. The van der Waals surface area contributed by atoms with Gasteiger partial charge in [-0.1, -0.05) is 11.6 Å². The Hall–Kier alpha value is -3.11. The second-order valence-corrected chi connectivity index (χ2v) is 4.49. The number of furan rings is 1. The van der Waals surface area contributed by atoms with Crippen LogP contribution >= 0.6 is 11.6 Å². The van der Waals surface area contributed by atoms with Crippen LogP contribution in [0.1, 0.15) is 5.76 Å². The van der Waals surface area contributed by atoms with Gasteiger partial charge in [0, 0.05) is 17.2 Å². The van der Waals surface area contributed by atoms with Gasteiger partial charge < -0.3 is 9.73 Å². The normalized spacial score (nSPS) is 10.8. The molecule has 0 spiro atoms. The van der Waals surface area contributed by atoms with Gasteiger partial charge in [-0.15, -0.1) is 0 Å². The van der Waals surface area contributed by atoms with E-state index in [0.717, 1.165) is 6.07 Å². The number of amides is 1. The number of rotatable bonds is 4. The van der Waals surface area contributed by atoms with Crippen LogP contribution in [0.4, 0.5) is 11.4 Å². The van der Waals surface area contributed by atoms with E-state index >= 15 is 0 Å². The van der Waals surface area contributed by atoms with Crippen molar-refractivity contribution in [2.24, 2.45) is 0 Å². The first-order valence-corrected chi connectivity index (χ1v) is 6.29. The Kier molecular flexibility index (Phi) is 4.56. The lowest BCUT2D eigenvalue weighted by Gasteiger charge is -2.05. The molecule has 2 rings (SSSR count). The third kappa shape index (κ3) is 3.50. The SMILES string of the molecule is N#CC(=Cc1ccco1)C(=O)Nc1ccc(Cl)cc1[N+](=O)[O-]. The lowest BCUT2D eigenvalue weighted by molar-refractivity contribution is -0.383. The lowest BCUT2D eigenvalue weighted by atomic mass is 10.2. The topological polar surface area (TPSA) is 109 Å². The molecule has 0 atom stereocenters. The quantitative estimate of drug-likeness (QED) is 0.402. The van der Waals surface area contributed by atoms with Crippen LogP contribution in [0.5, 0.6) is 0 Å². The monoisotopic (exact) mass is 317 g/mol. The molecule has 0 unspecified atom stereocenters. The van der Waals surface area contributed by atoms with E-state index in [4.69, 9.17) is 21.3 Å². The number of nitriles is 1. The van der Waals surface area contributed by atoms with Crippen molar-refractivity contribution < 1.29 is 14.1 Å². The molecule has 7 nitrogen and oxygen atoms in total. The Morgan fingerprint density at radius 3 is 2.82 bits per heavy atom. The maximum atomic E-state index is 12.0. The van der Waals surface area contributed by atoms with Crippen LogP contribution in [0, 0.1) is 21.4 Å². The first-order valence-electron chi connectivity index (χ1n) is 5.92.